The SMILES string of the molecule is CC(C)CCN1CC(=O)NCCCCCOc2cccc(C(=O)NCCc3ccc(F)cc3)c2C1. The minimum atomic E-state index is -0.273. The molecule has 7 heteroatoms. The smallest absolute Gasteiger partial charge is 0.251 e. The van der Waals surface area contributed by atoms with Crippen LogP contribution in [-0.2, 0) is 17.8 Å². The normalized spacial score (nSPS) is 15.7. The van der Waals surface area contributed by atoms with Gasteiger partial charge in [-0.3, -0.25) is 14.5 Å². The van der Waals surface area contributed by atoms with Crippen molar-refractivity contribution in [2.24, 2.45) is 5.92 Å². The molecule has 0 bridgehead atoms. The van der Waals surface area contributed by atoms with Crippen LogP contribution in [0.1, 0.15) is 61.0 Å². The van der Waals surface area contributed by atoms with Crippen LogP contribution in [0.15, 0.2) is 42.5 Å². The molecule has 35 heavy (non-hydrogen) atoms. The van der Waals surface area contributed by atoms with Crippen molar-refractivity contribution in [2.75, 3.05) is 32.8 Å². The summed E-state index contributed by atoms with van der Waals surface area (Å²) in [6, 6.07) is 11.9. The lowest BCUT2D eigenvalue weighted by atomic mass is 10.0. The van der Waals surface area contributed by atoms with Crippen molar-refractivity contribution in [3.63, 3.8) is 0 Å². The monoisotopic (exact) mass is 483 g/mol. The fourth-order valence-corrected chi connectivity index (χ4v) is 4.09. The number of amides is 2. The number of nitrogens with zero attached hydrogens (tertiary/aromatic N) is 1. The van der Waals surface area contributed by atoms with E-state index >= 15 is 0 Å². The van der Waals surface area contributed by atoms with Crippen LogP contribution >= 0.6 is 0 Å². The second-order valence-electron chi connectivity index (χ2n) is 9.57. The molecule has 0 saturated heterocycles. The van der Waals surface area contributed by atoms with Gasteiger partial charge in [0, 0.05) is 30.8 Å². The molecule has 2 N–H and O–H groups in total. The van der Waals surface area contributed by atoms with E-state index in [1.807, 2.05) is 18.2 Å². The Morgan fingerprint density at radius 1 is 1.11 bits per heavy atom. The van der Waals surface area contributed by atoms with Gasteiger partial charge in [0.05, 0.1) is 13.2 Å². The lowest BCUT2D eigenvalue weighted by Gasteiger charge is -2.25. The highest BCUT2D eigenvalue weighted by molar-refractivity contribution is 5.96. The van der Waals surface area contributed by atoms with Gasteiger partial charge in [-0.2, -0.15) is 0 Å². The van der Waals surface area contributed by atoms with Gasteiger partial charge in [-0.05, 0) is 74.4 Å². The van der Waals surface area contributed by atoms with Gasteiger partial charge in [0.25, 0.3) is 5.91 Å². The van der Waals surface area contributed by atoms with Crippen molar-refractivity contribution in [1.29, 1.82) is 0 Å². The van der Waals surface area contributed by atoms with E-state index in [1.54, 1.807) is 12.1 Å². The number of nitrogens with one attached hydrogen (secondary N) is 2. The molecule has 2 aromatic carbocycles. The first-order chi connectivity index (χ1) is 16.9. The molecule has 1 aliphatic heterocycles. The van der Waals surface area contributed by atoms with Crippen LogP contribution in [0.4, 0.5) is 4.39 Å². The molecule has 0 fully saturated rings. The second-order valence-corrected chi connectivity index (χ2v) is 9.57. The van der Waals surface area contributed by atoms with Crippen LogP contribution in [0, 0.1) is 11.7 Å². The minimum Gasteiger partial charge on any atom is -0.493 e. The summed E-state index contributed by atoms with van der Waals surface area (Å²) in [5.74, 6) is 0.765. The van der Waals surface area contributed by atoms with E-state index in [4.69, 9.17) is 4.74 Å². The Hall–Kier alpha value is -2.93. The van der Waals surface area contributed by atoms with E-state index in [2.05, 4.69) is 29.4 Å². The van der Waals surface area contributed by atoms with E-state index in [1.165, 1.54) is 12.1 Å². The fourth-order valence-electron chi connectivity index (χ4n) is 4.09. The third kappa shape index (κ3) is 8.98. The average Bonchev–Trinajstić information content (AvgIpc) is 2.84. The first kappa shape index (κ1) is 26.7. The van der Waals surface area contributed by atoms with Crippen molar-refractivity contribution < 1.29 is 18.7 Å². The summed E-state index contributed by atoms with van der Waals surface area (Å²) in [4.78, 5) is 27.9. The zero-order chi connectivity index (χ0) is 25.0. The number of benzene rings is 2. The van der Waals surface area contributed by atoms with Gasteiger partial charge in [-0.25, -0.2) is 4.39 Å². The van der Waals surface area contributed by atoms with Crippen LogP contribution in [0.5, 0.6) is 5.75 Å². The highest BCUT2D eigenvalue weighted by Crippen LogP contribution is 2.26. The molecule has 0 aromatic heterocycles. The topological polar surface area (TPSA) is 70.7 Å². The van der Waals surface area contributed by atoms with Gasteiger partial charge in [0.1, 0.15) is 11.6 Å². The molecule has 1 aliphatic rings. The lowest BCUT2D eigenvalue weighted by molar-refractivity contribution is -0.122. The Labute approximate surface area is 208 Å². The highest BCUT2D eigenvalue weighted by atomic mass is 19.1. The molecule has 0 aliphatic carbocycles. The zero-order valence-electron chi connectivity index (χ0n) is 20.9. The van der Waals surface area contributed by atoms with E-state index < -0.39 is 0 Å². The summed E-state index contributed by atoms with van der Waals surface area (Å²) >= 11 is 0. The van der Waals surface area contributed by atoms with Crippen molar-refractivity contribution in [1.82, 2.24) is 15.5 Å². The maximum Gasteiger partial charge on any atom is 0.251 e. The summed E-state index contributed by atoms with van der Waals surface area (Å²) in [6.45, 7) is 7.51. The van der Waals surface area contributed by atoms with Crippen molar-refractivity contribution in [3.05, 3.63) is 65.0 Å². The maximum absolute atomic E-state index is 13.2. The summed E-state index contributed by atoms with van der Waals surface area (Å²) in [5.41, 5.74) is 2.33. The molecular weight excluding hydrogens is 445 g/mol. The van der Waals surface area contributed by atoms with Gasteiger partial charge in [-0.1, -0.05) is 32.0 Å². The predicted molar refractivity (Wildman–Crippen MR) is 136 cm³/mol. The Balaban J connectivity index is 1.79. The standard InChI is InChI=1S/C28H38FN3O3/c1-21(2)14-17-32-19-25-24(28(34)31-16-13-22-9-11-23(29)12-10-22)7-6-8-26(25)35-18-5-3-4-15-30-27(33)20-32/h6-12,21H,3-5,13-20H2,1-2H3,(H,30,33)(H,31,34). The summed E-state index contributed by atoms with van der Waals surface area (Å²) < 4.78 is 19.3. The van der Waals surface area contributed by atoms with Gasteiger partial charge in [-0.15, -0.1) is 0 Å². The first-order valence-corrected chi connectivity index (χ1v) is 12.7. The number of fused-ring (bicyclic) bond motifs is 1. The number of ether oxygens (including phenoxy) is 1. The van der Waals surface area contributed by atoms with Crippen LogP contribution in [-0.4, -0.2) is 49.5 Å². The Bertz CT molecular complexity index is 962. The maximum atomic E-state index is 13.2. The first-order valence-electron chi connectivity index (χ1n) is 12.7. The van der Waals surface area contributed by atoms with Crippen molar-refractivity contribution in [3.8, 4) is 5.75 Å². The summed E-state index contributed by atoms with van der Waals surface area (Å²) in [6.07, 6.45) is 4.34. The van der Waals surface area contributed by atoms with E-state index in [0.717, 1.165) is 43.4 Å². The van der Waals surface area contributed by atoms with Gasteiger partial charge in [0.2, 0.25) is 5.91 Å². The summed E-state index contributed by atoms with van der Waals surface area (Å²) in [7, 11) is 0. The molecule has 0 saturated carbocycles. The Morgan fingerprint density at radius 2 is 1.91 bits per heavy atom. The number of hydrogen-bond acceptors (Lipinski definition) is 4. The second kappa shape index (κ2) is 13.8. The number of hydrogen-bond donors (Lipinski definition) is 2. The number of carbonyl (C=O) groups excluding carboxylic acids is 2. The van der Waals surface area contributed by atoms with Crippen LogP contribution < -0.4 is 15.4 Å². The molecule has 190 valence electrons. The minimum absolute atomic E-state index is 0.0108. The molecule has 6 nitrogen and oxygen atoms in total. The molecule has 0 atom stereocenters. The molecule has 0 unspecified atom stereocenters. The average molecular weight is 484 g/mol. The lowest BCUT2D eigenvalue weighted by Crippen LogP contribution is -2.38. The van der Waals surface area contributed by atoms with Gasteiger partial charge < -0.3 is 15.4 Å². The molecule has 3 rings (SSSR count). The Morgan fingerprint density at radius 3 is 2.69 bits per heavy atom. The molecule has 0 radical (unpaired) electrons. The van der Waals surface area contributed by atoms with Gasteiger partial charge in [0.15, 0.2) is 0 Å². The van der Waals surface area contributed by atoms with E-state index in [9.17, 15) is 14.0 Å². The molecule has 1 heterocycles. The molecule has 2 amide bonds. The van der Waals surface area contributed by atoms with E-state index in [-0.39, 0.29) is 24.2 Å². The quantitative estimate of drug-likeness (QED) is 0.615. The molecule has 0 spiro atoms. The van der Waals surface area contributed by atoms with Crippen LogP contribution in [0.2, 0.25) is 0 Å². The zero-order valence-corrected chi connectivity index (χ0v) is 20.9. The number of carbonyl (C=O) groups is 2. The third-order valence-corrected chi connectivity index (χ3v) is 6.16. The molecular formula is C28H38FN3O3. The van der Waals surface area contributed by atoms with E-state index in [0.29, 0.717) is 49.9 Å². The number of rotatable bonds is 7. The Kier molecular flexibility index (Phi) is 10.5. The highest BCUT2D eigenvalue weighted by Gasteiger charge is 2.21. The third-order valence-electron chi connectivity index (χ3n) is 6.16. The van der Waals surface area contributed by atoms with Crippen molar-refractivity contribution in [2.45, 2.75) is 52.5 Å². The predicted octanol–water partition coefficient (Wildman–Crippen LogP) is 4.33. The molecule has 2 aromatic rings. The summed E-state index contributed by atoms with van der Waals surface area (Å²) in [5, 5.41) is 6.02. The number of halogens is 1. The van der Waals surface area contributed by atoms with Crippen LogP contribution in [0.25, 0.3) is 0 Å². The van der Waals surface area contributed by atoms with Crippen molar-refractivity contribution >= 4 is 11.8 Å². The van der Waals surface area contributed by atoms with Crippen LogP contribution in [0.3, 0.4) is 0 Å². The van der Waals surface area contributed by atoms with Gasteiger partial charge >= 0.3 is 0 Å². The fraction of sp³-hybridized carbons (Fsp3) is 0.500. The largest absolute Gasteiger partial charge is 0.493 e.